The van der Waals surface area contributed by atoms with Crippen molar-refractivity contribution in [2.24, 2.45) is 0 Å². The molecule has 0 spiro atoms. The number of carbonyl (C=O) groups is 1. The summed E-state index contributed by atoms with van der Waals surface area (Å²) in [7, 11) is 1.58. The number of nitrogens with one attached hydrogen (secondary N) is 1. The Kier molecular flexibility index (Phi) is 6.09. The normalized spacial score (nSPS) is 10.4. The van der Waals surface area contributed by atoms with Crippen LogP contribution in [0.25, 0.3) is 0 Å². The first-order chi connectivity index (χ1) is 11.1. The van der Waals surface area contributed by atoms with Crippen LogP contribution in [0.2, 0.25) is 0 Å². The van der Waals surface area contributed by atoms with Crippen LogP contribution in [0.3, 0.4) is 0 Å². The molecule has 0 fully saturated rings. The molecule has 0 aliphatic heterocycles. The lowest BCUT2D eigenvalue weighted by atomic mass is 10.1. The minimum absolute atomic E-state index is 0.0939. The zero-order chi connectivity index (χ0) is 16.7. The molecule has 3 nitrogen and oxygen atoms in total. The van der Waals surface area contributed by atoms with E-state index in [0.717, 1.165) is 18.9 Å². The molecule has 5 heteroatoms. The van der Waals surface area contributed by atoms with Gasteiger partial charge < -0.3 is 10.2 Å². The summed E-state index contributed by atoms with van der Waals surface area (Å²) in [6.07, 6.45) is 1.71. The fraction of sp³-hybridized carbons (Fsp3) is 0.278. The zero-order valence-electron chi connectivity index (χ0n) is 13.1. The van der Waals surface area contributed by atoms with E-state index in [2.05, 4.69) is 5.32 Å². The lowest BCUT2D eigenvalue weighted by Crippen LogP contribution is -2.37. The number of hydrogen-bond donors (Lipinski definition) is 1. The molecule has 23 heavy (non-hydrogen) atoms. The van der Waals surface area contributed by atoms with Crippen molar-refractivity contribution in [1.29, 1.82) is 0 Å². The zero-order valence-corrected chi connectivity index (χ0v) is 13.1. The lowest BCUT2D eigenvalue weighted by molar-refractivity contribution is 0.206. The molecule has 0 aliphatic carbocycles. The van der Waals surface area contributed by atoms with Gasteiger partial charge in [-0.1, -0.05) is 36.4 Å². The monoisotopic (exact) mass is 318 g/mol. The summed E-state index contributed by atoms with van der Waals surface area (Å²) >= 11 is 0. The number of amides is 2. The van der Waals surface area contributed by atoms with Gasteiger partial charge >= 0.3 is 6.03 Å². The first kappa shape index (κ1) is 16.9. The van der Waals surface area contributed by atoms with Crippen LogP contribution in [0.5, 0.6) is 0 Å². The number of benzene rings is 2. The van der Waals surface area contributed by atoms with E-state index >= 15 is 0 Å². The Morgan fingerprint density at radius 3 is 2.57 bits per heavy atom. The molecule has 2 amide bonds. The van der Waals surface area contributed by atoms with Crippen molar-refractivity contribution in [2.45, 2.75) is 19.4 Å². The standard InChI is InChI=1S/C18H20F2N2O/c1-22(13-15-9-10-16(19)12-17(15)20)18(23)21-11-5-8-14-6-3-2-4-7-14/h2-4,6-7,9-10,12H,5,8,11,13H2,1H3,(H,21,23). The topological polar surface area (TPSA) is 32.3 Å². The highest BCUT2D eigenvalue weighted by Gasteiger charge is 2.11. The molecule has 0 saturated heterocycles. The highest BCUT2D eigenvalue weighted by Crippen LogP contribution is 2.11. The molecule has 2 rings (SSSR count). The van der Waals surface area contributed by atoms with Gasteiger partial charge in [-0.3, -0.25) is 0 Å². The Balaban J connectivity index is 1.74. The van der Waals surface area contributed by atoms with E-state index in [-0.39, 0.29) is 18.1 Å². The second-order valence-corrected chi connectivity index (χ2v) is 5.41. The average molecular weight is 318 g/mol. The van der Waals surface area contributed by atoms with E-state index in [4.69, 9.17) is 0 Å². The summed E-state index contributed by atoms with van der Waals surface area (Å²) in [6.45, 7) is 0.639. The first-order valence-electron chi connectivity index (χ1n) is 7.53. The van der Waals surface area contributed by atoms with Crippen molar-refractivity contribution in [1.82, 2.24) is 10.2 Å². The molecule has 0 atom stereocenters. The molecule has 1 N–H and O–H groups in total. The van der Waals surface area contributed by atoms with Crippen LogP contribution < -0.4 is 5.32 Å². The van der Waals surface area contributed by atoms with Crippen LogP contribution in [0.4, 0.5) is 13.6 Å². The van der Waals surface area contributed by atoms with Gasteiger partial charge in [-0.15, -0.1) is 0 Å². The fourth-order valence-electron chi connectivity index (χ4n) is 2.24. The molecule has 0 bridgehead atoms. The van der Waals surface area contributed by atoms with Gasteiger partial charge in [0.1, 0.15) is 11.6 Å². The lowest BCUT2D eigenvalue weighted by Gasteiger charge is -2.18. The van der Waals surface area contributed by atoms with Crippen LogP contribution in [-0.4, -0.2) is 24.5 Å². The van der Waals surface area contributed by atoms with Crippen molar-refractivity contribution in [3.63, 3.8) is 0 Å². The Morgan fingerprint density at radius 2 is 1.87 bits per heavy atom. The third kappa shape index (κ3) is 5.36. The largest absolute Gasteiger partial charge is 0.338 e. The van der Waals surface area contributed by atoms with E-state index in [0.29, 0.717) is 6.54 Å². The summed E-state index contributed by atoms with van der Waals surface area (Å²) < 4.78 is 26.4. The number of aryl methyl sites for hydroxylation is 1. The molecule has 0 heterocycles. The second kappa shape index (κ2) is 8.27. The van der Waals surface area contributed by atoms with E-state index < -0.39 is 11.6 Å². The van der Waals surface area contributed by atoms with Gasteiger partial charge in [0.05, 0.1) is 0 Å². The van der Waals surface area contributed by atoms with Gasteiger partial charge in [-0.25, -0.2) is 13.6 Å². The predicted octanol–water partition coefficient (Wildman–Crippen LogP) is 3.74. The molecule has 0 unspecified atom stereocenters. The molecule has 2 aromatic carbocycles. The third-order valence-electron chi connectivity index (χ3n) is 3.53. The average Bonchev–Trinajstić information content (AvgIpc) is 2.55. The van der Waals surface area contributed by atoms with Crippen molar-refractivity contribution >= 4 is 6.03 Å². The van der Waals surface area contributed by atoms with Crippen LogP contribution in [0, 0.1) is 11.6 Å². The predicted molar refractivity (Wildman–Crippen MR) is 86.0 cm³/mol. The molecule has 0 radical (unpaired) electrons. The van der Waals surface area contributed by atoms with Gasteiger partial charge in [0.25, 0.3) is 0 Å². The Bertz CT molecular complexity index is 647. The maximum absolute atomic E-state index is 13.6. The molecule has 2 aromatic rings. The molecule has 0 saturated carbocycles. The van der Waals surface area contributed by atoms with E-state index in [1.165, 1.54) is 22.6 Å². The molecule has 122 valence electrons. The SMILES string of the molecule is CN(Cc1ccc(F)cc1F)C(=O)NCCCc1ccccc1. The summed E-state index contributed by atoms with van der Waals surface area (Å²) in [5.41, 5.74) is 1.51. The fourth-order valence-corrected chi connectivity index (χ4v) is 2.24. The number of rotatable bonds is 6. The van der Waals surface area contributed by atoms with Crippen LogP contribution in [0.1, 0.15) is 17.5 Å². The van der Waals surface area contributed by atoms with Gasteiger partial charge in [-0.2, -0.15) is 0 Å². The highest BCUT2D eigenvalue weighted by molar-refractivity contribution is 5.73. The Hall–Kier alpha value is -2.43. The van der Waals surface area contributed by atoms with Crippen molar-refractivity contribution in [2.75, 3.05) is 13.6 Å². The number of nitrogens with zero attached hydrogens (tertiary/aromatic N) is 1. The number of carbonyl (C=O) groups excluding carboxylic acids is 1. The van der Waals surface area contributed by atoms with Crippen LogP contribution in [-0.2, 0) is 13.0 Å². The molecular weight excluding hydrogens is 298 g/mol. The van der Waals surface area contributed by atoms with Crippen molar-refractivity contribution < 1.29 is 13.6 Å². The number of urea groups is 1. The molecule has 0 aliphatic rings. The third-order valence-corrected chi connectivity index (χ3v) is 3.53. The van der Waals surface area contributed by atoms with Crippen LogP contribution in [0.15, 0.2) is 48.5 Å². The summed E-state index contributed by atoms with van der Waals surface area (Å²) in [5.74, 6) is -1.27. The number of halogens is 2. The van der Waals surface area contributed by atoms with Gasteiger partial charge in [0.15, 0.2) is 0 Å². The molecule has 0 aromatic heterocycles. The molecular formula is C18H20F2N2O. The minimum Gasteiger partial charge on any atom is -0.338 e. The Morgan fingerprint density at radius 1 is 1.13 bits per heavy atom. The summed E-state index contributed by atoms with van der Waals surface area (Å²) in [4.78, 5) is 13.3. The van der Waals surface area contributed by atoms with Crippen LogP contribution >= 0.6 is 0 Å². The number of hydrogen-bond acceptors (Lipinski definition) is 1. The first-order valence-corrected chi connectivity index (χ1v) is 7.53. The quantitative estimate of drug-likeness (QED) is 0.809. The van der Waals surface area contributed by atoms with E-state index in [1.807, 2.05) is 30.3 Å². The van der Waals surface area contributed by atoms with Gasteiger partial charge in [0, 0.05) is 31.8 Å². The van der Waals surface area contributed by atoms with E-state index in [9.17, 15) is 13.6 Å². The smallest absolute Gasteiger partial charge is 0.317 e. The summed E-state index contributed by atoms with van der Waals surface area (Å²) in [5, 5.41) is 2.79. The van der Waals surface area contributed by atoms with E-state index in [1.54, 1.807) is 7.05 Å². The van der Waals surface area contributed by atoms with Gasteiger partial charge in [0.2, 0.25) is 0 Å². The highest BCUT2D eigenvalue weighted by atomic mass is 19.1. The van der Waals surface area contributed by atoms with Crippen molar-refractivity contribution in [3.8, 4) is 0 Å². The van der Waals surface area contributed by atoms with Crippen molar-refractivity contribution in [3.05, 3.63) is 71.3 Å². The maximum atomic E-state index is 13.6. The van der Waals surface area contributed by atoms with Gasteiger partial charge in [-0.05, 0) is 24.5 Å². The summed E-state index contributed by atoms with van der Waals surface area (Å²) in [6, 6.07) is 13.1. The Labute approximate surface area is 134 Å². The minimum atomic E-state index is -0.645. The second-order valence-electron chi connectivity index (χ2n) is 5.41. The maximum Gasteiger partial charge on any atom is 0.317 e.